The number of benzene rings is 1. The van der Waals surface area contributed by atoms with Crippen LogP contribution >= 0.6 is 11.3 Å². The highest BCUT2D eigenvalue weighted by atomic mass is 32.1. The van der Waals surface area contributed by atoms with Crippen LogP contribution in [-0.2, 0) is 11.0 Å². The number of alkyl halides is 3. The van der Waals surface area contributed by atoms with Gasteiger partial charge >= 0.3 is 18.2 Å². The standard InChI is InChI=1S/C23H20F3N3O6S/c1-4-5-32-20-17-21(29-22(28-20)34-14-8-15(36-10-14)23(24,25)26)35-19(27-17)13-6-11(2)18(12(3)7-13)33-9-16(30)31/h6-8,10H,4-5,9H2,1-3H3,(H,30,31). The highest BCUT2D eigenvalue weighted by molar-refractivity contribution is 7.10. The molecule has 0 radical (unpaired) electrons. The first kappa shape index (κ1) is 25.2. The van der Waals surface area contributed by atoms with Gasteiger partial charge in [-0.3, -0.25) is 0 Å². The Labute approximate surface area is 206 Å². The van der Waals surface area contributed by atoms with Gasteiger partial charge in [0.1, 0.15) is 16.4 Å². The second-order valence-electron chi connectivity index (χ2n) is 7.70. The predicted octanol–water partition coefficient (Wildman–Crippen LogP) is 6.03. The molecule has 0 atom stereocenters. The van der Waals surface area contributed by atoms with Crippen LogP contribution in [0, 0.1) is 13.8 Å². The van der Waals surface area contributed by atoms with Crippen molar-refractivity contribution in [2.24, 2.45) is 0 Å². The maximum atomic E-state index is 12.9. The number of aromatic nitrogens is 3. The number of carboxylic acid groups (broad SMARTS) is 1. The highest BCUT2D eigenvalue weighted by Crippen LogP contribution is 2.38. The molecule has 0 saturated heterocycles. The van der Waals surface area contributed by atoms with Crippen molar-refractivity contribution in [2.45, 2.75) is 33.4 Å². The number of fused-ring (bicyclic) bond motifs is 1. The Balaban J connectivity index is 1.70. The molecule has 0 unspecified atom stereocenters. The molecule has 4 aromatic rings. The topological polar surface area (TPSA) is 117 Å². The van der Waals surface area contributed by atoms with E-state index >= 15 is 0 Å². The largest absolute Gasteiger partial charge is 0.481 e. The number of carbonyl (C=O) groups is 1. The zero-order chi connectivity index (χ0) is 26.0. The molecule has 0 amide bonds. The minimum absolute atomic E-state index is 0.0221. The number of nitrogens with zero attached hydrogens (tertiary/aromatic N) is 3. The fourth-order valence-corrected chi connectivity index (χ4v) is 3.99. The Morgan fingerprint density at radius 3 is 2.44 bits per heavy atom. The van der Waals surface area contributed by atoms with Crippen molar-refractivity contribution in [1.82, 2.24) is 15.0 Å². The van der Waals surface area contributed by atoms with Gasteiger partial charge in [-0.05, 0) is 43.5 Å². The van der Waals surface area contributed by atoms with E-state index in [0.717, 1.165) is 6.07 Å². The summed E-state index contributed by atoms with van der Waals surface area (Å²) in [5.74, 6) is -0.480. The molecule has 0 spiro atoms. The van der Waals surface area contributed by atoms with Crippen molar-refractivity contribution in [3.8, 4) is 34.8 Å². The molecule has 0 aliphatic heterocycles. The Kier molecular flexibility index (Phi) is 7.02. The number of carboxylic acids is 1. The smallest absolute Gasteiger partial charge is 0.425 e. The predicted molar refractivity (Wildman–Crippen MR) is 123 cm³/mol. The second kappa shape index (κ2) is 10.0. The van der Waals surface area contributed by atoms with Gasteiger partial charge < -0.3 is 23.7 Å². The molecule has 0 saturated carbocycles. The third-order valence-electron chi connectivity index (χ3n) is 4.76. The van der Waals surface area contributed by atoms with E-state index in [1.807, 2.05) is 6.92 Å². The molecular formula is C23H20F3N3O6S. The molecule has 0 fully saturated rings. The van der Waals surface area contributed by atoms with Gasteiger partial charge in [0.05, 0.1) is 6.61 Å². The number of oxazole rings is 1. The van der Waals surface area contributed by atoms with Gasteiger partial charge in [0.15, 0.2) is 12.1 Å². The third kappa shape index (κ3) is 5.51. The van der Waals surface area contributed by atoms with Crippen molar-refractivity contribution in [2.75, 3.05) is 13.2 Å². The molecule has 36 heavy (non-hydrogen) atoms. The lowest BCUT2D eigenvalue weighted by Crippen LogP contribution is -2.10. The van der Waals surface area contributed by atoms with Crippen LogP contribution in [0.1, 0.15) is 29.3 Å². The zero-order valence-corrected chi connectivity index (χ0v) is 20.1. The summed E-state index contributed by atoms with van der Waals surface area (Å²) in [5, 5.41) is 10.1. The van der Waals surface area contributed by atoms with E-state index in [2.05, 4.69) is 15.0 Å². The molecule has 3 heterocycles. The van der Waals surface area contributed by atoms with Gasteiger partial charge in [-0.25, -0.2) is 9.78 Å². The first-order chi connectivity index (χ1) is 17.0. The van der Waals surface area contributed by atoms with Crippen LogP contribution in [0.3, 0.4) is 0 Å². The number of rotatable bonds is 9. The van der Waals surface area contributed by atoms with Crippen LogP contribution < -0.4 is 14.2 Å². The minimum atomic E-state index is -4.49. The third-order valence-corrected chi connectivity index (χ3v) is 5.71. The van der Waals surface area contributed by atoms with E-state index in [4.69, 9.17) is 23.7 Å². The van der Waals surface area contributed by atoms with Gasteiger partial charge in [0.2, 0.25) is 5.89 Å². The minimum Gasteiger partial charge on any atom is -0.481 e. The molecule has 3 aromatic heterocycles. The fourth-order valence-electron chi connectivity index (χ4n) is 3.31. The SMILES string of the molecule is CCCOc1nc(Oc2csc(C(F)(F)F)c2)nc2oc(-c3cc(C)c(OCC(=O)O)c(C)c3)nc12. The Morgan fingerprint density at radius 2 is 1.83 bits per heavy atom. The quantitative estimate of drug-likeness (QED) is 0.281. The van der Waals surface area contributed by atoms with Gasteiger partial charge in [-0.1, -0.05) is 6.92 Å². The van der Waals surface area contributed by atoms with Gasteiger partial charge in [0, 0.05) is 17.0 Å². The average molecular weight is 523 g/mol. The molecule has 13 heteroatoms. The van der Waals surface area contributed by atoms with E-state index in [9.17, 15) is 18.0 Å². The summed E-state index contributed by atoms with van der Waals surface area (Å²) >= 11 is 0.492. The number of ether oxygens (including phenoxy) is 3. The number of thiophene rings is 1. The molecule has 0 bridgehead atoms. The first-order valence-corrected chi connectivity index (χ1v) is 11.5. The normalized spacial score (nSPS) is 11.6. The molecule has 4 rings (SSSR count). The Morgan fingerprint density at radius 1 is 1.11 bits per heavy atom. The average Bonchev–Trinajstić information content (AvgIpc) is 3.44. The van der Waals surface area contributed by atoms with Crippen molar-refractivity contribution < 1.29 is 41.7 Å². The summed E-state index contributed by atoms with van der Waals surface area (Å²) in [5.41, 5.74) is 2.15. The van der Waals surface area contributed by atoms with E-state index in [0.29, 0.717) is 46.8 Å². The molecule has 1 N–H and O–H groups in total. The lowest BCUT2D eigenvalue weighted by atomic mass is 10.1. The number of aryl methyl sites for hydroxylation is 2. The van der Waals surface area contributed by atoms with E-state index in [1.165, 1.54) is 5.38 Å². The van der Waals surface area contributed by atoms with Gasteiger partial charge in [-0.2, -0.15) is 23.1 Å². The molecule has 9 nitrogen and oxygen atoms in total. The van der Waals surface area contributed by atoms with Crippen molar-refractivity contribution in [3.63, 3.8) is 0 Å². The number of hydrogen-bond donors (Lipinski definition) is 1. The maximum absolute atomic E-state index is 12.9. The lowest BCUT2D eigenvalue weighted by molar-refractivity contribution is -0.139. The highest BCUT2D eigenvalue weighted by Gasteiger charge is 2.33. The van der Waals surface area contributed by atoms with Gasteiger partial charge in [-0.15, -0.1) is 11.3 Å². The molecule has 0 aliphatic rings. The van der Waals surface area contributed by atoms with Crippen LogP contribution in [-0.4, -0.2) is 39.2 Å². The van der Waals surface area contributed by atoms with Crippen molar-refractivity contribution in [1.29, 1.82) is 0 Å². The van der Waals surface area contributed by atoms with E-state index in [-0.39, 0.29) is 34.8 Å². The summed E-state index contributed by atoms with van der Waals surface area (Å²) in [4.78, 5) is 22.8. The summed E-state index contributed by atoms with van der Waals surface area (Å²) in [6, 6.07) is 4.04. The van der Waals surface area contributed by atoms with E-state index < -0.39 is 23.6 Å². The molecule has 190 valence electrons. The summed E-state index contributed by atoms with van der Waals surface area (Å²) in [6.07, 6.45) is -3.82. The molecule has 0 aliphatic carbocycles. The zero-order valence-electron chi connectivity index (χ0n) is 19.3. The second-order valence-corrected chi connectivity index (χ2v) is 8.61. The summed E-state index contributed by atoms with van der Waals surface area (Å²) < 4.78 is 61.1. The fraction of sp³-hybridized carbons (Fsp3) is 0.304. The molecule has 1 aromatic carbocycles. The van der Waals surface area contributed by atoms with Crippen LogP contribution in [0.4, 0.5) is 13.2 Å². The van der Waals surface area contributed by atoms with Crippen LogP contribution in [0.25, 0.3) is 22.7 Å². The first-order valence-electron chi connectivity index (χ1n) is 10.7. The number of aliphatic carboxylic acids is 1. The lowest BCUT2D eigenvalue weighted by Gasteiger charge is -2.11. The van der Waals surface area contributed by atoms with Crippen molar-refractivity contribution in [3.05, 3.63) is 39.6 Å². The number of halogens is 3. The summed E-state index contributed by atoms with van der Waals surface area (Å²) in [7, 11) is 0. The van der Waals surface area contributed by atoms with Crippen molar-refractivity contribution >= 4 is 28.5 Å². The van der Waals surface area contributed by atoms with E-state index in [1.54, 1.807) is 26.0 Å². The van der Waals surface area contributed by atoms with Crippen LogP contribution in [0.2, 0.25) is 0 Å². The monoisotopic (exact) mass is 523 g/mol. The molecular weight excluding hydrogens is 503 g/mol. The van der Waals surface area contributed by atoms with Crippen LogP contribution in [0.5, 0.6) is 23.4 Å². The Bertz CT molecular complexity index is 1390. The van der Waals surface area contributed by atoms with Crippen LogP contribution in [0.15, 0.2) is 28.0 Å². The summed E-state index contributed by atoms with van der Waals surface area (Å²) in [6.45, 7) is 5.24. The number of hydrogen-bond acceptors (Lipinski definition) is 9. The van der Waals surface area contributed by atoms with Gasteiger partial charge in [0.25, 0.3) is 11.6 Å². The Hall–Kier alpha value is -3.87. The maximum Gasteiger partial charge on any atom is 0.425 e.